The molecule has 1 aliphatic rings. The van der Waals surface area contributed by atoms with E-state index < -0.39 is 10.0 Å². The summed E-state index contributed by atoms with van der Waals surface area (Å²) in [6, 6.07) is 7.92. The molecule has 1 aliphatic heterocycles. The minimum absolute atomic E-state index is 0.175. The topological polar surface area (TPSA) is 72.5 Å². The number of sulfonamides is 1. The van der Waals surface area contributed by atoms with Crippen LogP contribution in [0.3, 0.4) is 0 Å². The van der Waals surface area contributed by atoms with Crippen molar-refractivity contribution in [3.05, 3.63) is 45.2 Å². The monoisotopic (exact) mass is 373 g/mol. The average molecular weight is 374 g/mol. The van der Waals surface area contributed by atoms with Crippen LogP contribution in [0, 0.1) is 0 Å². The number of nitrogens with one attached hydrogen (secondary N) is 1. The van der Waals surface area contributed by atoms with Crippen LogP contribution in [0.15, 0.2) is 38.3 Å². The summed E-state index contributed by atoms with van der Waals surface area (Å²) in [5, 5.41) is 0. The first-order valence-electron chi connectivity index (χ1n) is 5.54. The number of fused-ring (bicyclic) bond motifs is 1. The molecule has 0 saturated carbocycles. The molecule has 0 spiro atoms. The molecule has 0 atom stereocenters. The number of carbonyl (C=O) groups is 1. The van der Waals surface area contributed by atoms with Gasteiger partial charge in [0.15, 0.2) is 0 Å². The van der Waals surface area contributed by atoms with Crippen molar-refractivity contribution >= 4 is 48.9 Å². The zero-order chi connectivity index (χ0) is 14.3. The molecule has 0 amide bonds. The number of benzene rings is 1. The molecule has 0 saturated heterocycles. The van der Waals surface area contributed by atoms with Gasteiger partial charge in [0.1, 0.15) is 10.8 Å². The molecule has 2 aromatic rings. The van der Waals surface area contributed by atoms with E-state index in [0.29, 0.717) is 16.8 Å². The summed E-state index contributed by atoms with van der Waals surface area (Å²) in [6.45, 7) is 0.175. The lowest BCUT2D eigenvalue weighted by Crippen LogP contribution is -2.11. The second-order valence-electron chi connectivity index (χ2n) is 4.11. The van der Waals surface area contributed by atoms with E-state index in [2.05, 4.69) is 20.7 Å². The van der Waals surface area contributed by atoms with Gasteiger partial charge in [0, 0.05) is 11.3 Å². The molecule has 8 heteroatoms. The molecule has 104 valence electrons. The Bertz CT molecular complexity index is 798. The summed E-state index contributed by atoms with van der Waals surface area (Å²) in [5.74, 6) is -0.378. The van der Waals surface area contributed by atoms with Crippen LogP contribution in [0.1, 0.15) is 15.9 Å². The summed E-state index contributed by atoms with van der Waals surface area (Å²) in [7, 11) is -3.61. The van der Waals surface area contributed by atoms with Crippen LogP contribution in [0.2, 0.25) is 0 Å². The summed E-state index contributed by atoms with van der Waals surface area (Å²) < 4.78 is 32.6. The van der Waals surface area contributed by atoms with Crippen molar-refractivity contribution in [3.63, 3.8) is 0 Å². The molecule has 1 aromatic heterocycles. The van der Waals surface area contributed by atoms with Crippen LogP contribution in [0.5, 0.6) is 0 Å². The summed E-state index contributed by atoms with van der Waals surface area (Å²) in [6.07, 6.45) is 0. The SMILES string of the molecule is O=C1OCc2cc(NS(=O)(=O)c3ccc(Br)s3)ccc21. The smallest absolute Gasteiger partial charge is 0.338 e. The van der Waals surface area contributed by atoms with Crippen molar-refractivity contribution in [2.24, 2.45) is 0 Å². The lowest BCUT2D eigenvalue weighted by Gasteiger charge is -2.06. The minimum atomic E-state index is -3.61. The van der Waals surface area contributed by atoms with Crippen molar-refractivity contribution in [1.29, 1.82) is 0 Å². The van der Waals surface area contributed by atoms with Gasteiger partial charge < -0.3 is 4.74 Å². The lowest BCUT2D eigenvalue weighted by molar-refractivity contribution is 0.0535. The van der Waals surface area contributed by atoms with Crippen molar-refractivity contribution < 1.29 is 17.9 Å². The quantitative estimate of drug-likeness (QED) is 0.839. The number of anilines is 1. The highest BCUT2D eigenvalue weighted by Crippen LogP contribution is 2.29. The van der Waals surface area contributed by atoms with Crippen molar-refractivity contribution in [2.75, 3.05) is 4.72 Å². The number of rotatable bonds is 3. The first kappa shape index (κ1) is 13.6. The highest BCUT2D eigenvalue weighted by atomic mass is 79.9. The highest BCUT2D eigenvalue weighted by Gasteiger charge is 2.22. The Morgan fingerprint density at radius 2 is 2.05 bits per heavy atom. The van der Waals surface area contributed by atoms with Crippen LogP contribution in [-0.4, -0.2) is 14.4 Å². The first-order chi connectivity index (χ1) is 9.45. The first-order valence-corrected chi connectivity index (χ1v) is 8.63. The minimum Gasteiger partial charge on any atom is -0.457 e. The van der Waals surface area contributed by atoms with E-state index in [4.69, 9.17) is 4.74 Å². The van der Waals surface area contributed by atoms with Gasteiger partial charge in [0.05, 0.1) is 9.35 Å². The van der Waals surface area contributed by atoms with E-state index in [1.54, 1.807) is 24.3 Å². The highest BCUT2D eigenvalue weighted by molar-refractivity contribution is 9.11. The molecule has 2 heterocycles. The number of hydrogen-bond donors (Lipinski definition) is 1. The van der Waals surface area contributed by atoms with Crippen molar-refractivity contribution in [1.82, 2.24) is 0 Å². The fourth-order valence-corrected chi connectivity index (χ4v) is 4.90. The van der Waals surface area contributed by atoms with Crippen LogP contribution < -0.4 is 4.72 Å². The summed E-state index contributed by atoms with van der Waals surface area (Å²) in [5.41, 5.74) is 1.57. The maximum Gasteiger partial charge on any atom is 0.338 e. The van der Waals surface area contributed by atoms with Gasteiger partial charge in [-0.2, -0.15) is 0 Å². The molecule has 0 fully saturated rings. The number of thiophene rings is 1. The van der Waals surface area contributed by atoms with Gasteiger partial charge in [-0.1, -0.05) is 0 Å². The Morgan fingerprint density at radius 1 is 1.25 bits per heavy atom. The fraction of sp³-hybridized carbons (Fsp3) is 0.0833. The third-order valence-electron chi connectivity index (χ3n) is 2.75. The van der Waals surface area contributed by atoms with Crippen LogP contribution >= 0.6 is 27.3 Å². The van der Waals surface area contributed by atoms with Gasteiger partial charge in [-0.15, -0.1) is 11.3 Å². The molecule has 0 bridgehead atoms. The van der Waals surface area contributed by atoms with Gasteiger partial charge in [-0.05, 0) is 46.3 Å². The third-order valence-corrected chi connectivity index (χ3v) is 6.25. The molecule has 0 aliphatic carbocycles. The number of esters is 1. The molecule has 3 rings (SSSR count). The maximum atomic E-state index is 12.2. The molecule has 5 nitrogen and oxygen atoms in total. The molecule has 1 aromatic carbocycles. The molecular weight excluding hydrogens is 366 g/mol. The van der Waals surface area contributed by atoms with E-state index in [1.165, 1.54) is 6.07 Å². The molecule has 0 radical (unpaired) electrons. The van der Waals surface area contributed by atoms with E-state index >= 15 is 0 Å². The van der Waals surface area contributed by atoms with E-state index in [1.807, 2.05) is 0 Å². The predicted molar refractivity (Wildman–Crippen MR) is 78.4 cm³/mol. The number of ether oxygens (including phenoxy) is 1. The van der Waals surface area contributed by atoms with Crippen molar-refractivity contribution in [2.45, 2.75) is 10.8 Å². The van der Waals surface area contributed by atoms with E-state index in [0.717, 1.165) is 15.1 Å². The molecular formula is C12H8BrNO4S2. The van der Waals surface area contributed by atoms with Crippen molar-refractivity contribution in [3.8, 4) is 0 Å². The van der Waals surface area contributed by atoms with Crippen LogP contribution in [0.25, 0.3) is 0 Å². The largest absolute Gasteiger partial charge is 0.457 e. The lowest BCUT2D eigenvalue weighted by atomic mass is 10.1. The van der Waals surface area contributed by atoms with Crippen LogP contribution in [0.4, 0.5) is 5.69 Å². The predicted octanol–water partition coefficient (Wildman–Crippen LogP) is 2.98. The summed E-state index contributed by atoms with van der Waals surface area (Å²) >= 11 is 4.36. The van der Waals surface area contributed by atoms with E-state index in [-0.39, 0.29) is 16.8 Å². The Kier molecular flexibility index (Phi) is 3.31. The Labute approximate surface area is 127 Å². The number of carbonyl (C=O) groups excluding carboxylic acids is 1. The normalized spacial score (nSPS) is 13.9. The second-order valence-corrected chi connectivity index (χ2v) is 8.48. The summed E-state index contributed by atoms with van der Waals surface area (Å²) in [4.78, 5) is 11.3. The van der Waals surface area contributed by atoms with Crippen LogP contribution in [-0.2, 0) is 21.4 Å². The number of hydrogen-bond acceptors (Lipinski definition) is 5. The number of cyclic esters (lactones) is 1. The standard InChI is InChI=1S/C12H8BrNO4S2/c13-10-3-4-11(19-10)20(16,17)14-8-1-2-9-7(5-8)6-18-12(9)15/h1-5,14H,6H2. The van der Waals surface area contributed by atoms with Gasteiger partial charge in [0.2, 0.25) is 0 Å². The molecule has 0 unspecified atom stereocenters. The zero-order valence-electron chi connectivity index (χ0n) is 9.92. The second kappa shape index (κ2) is 4.87. The molecule has 1 N–H and O–H groups in total. The van der Waals surface area contributed by atoms with E-state index in [9.17, 15) is 13.2 Å². The zero-order valence-corrected chi connectivity index (χ0v) is 13.1. The Hall–Kier alpha value is -1.38. The Balaban J connectivity index is 1.90. The molecule has 20 heavy (non-hydrogen) atoms. The fourth-order valence-electron chi connectivity index (χ4n) is 1.84. The maximum absolute atomic E-state index is 12.2. The number of halogens is 1. The van der Waals surface area contributed by atoms with Gasteiger partial charge >= 0.3 is 5.97 Å². The Morgan fingerprint density at radius 3 is 2.75 bits per heavy atom. The average Bonchev–Trinajstić information content (AvgIpc) is 2.96. The third kappa shape index (κ3) is 2.46. The van der Waals surface area contributed by atoms with Gasteiger partial charge in [-0.25, -0.2) is 13.2 Å². The van der Waals surface area contributed by atoms with Gasteiger partial charge in [-0.3, -0.25) is 4.72 Å². The van der Waals surface area contributed by atoms with Gasteiger partial charge in [0.25, 0.3) is 10.0 Å².